The Morgan fingerprint density at radius 1 is 1.15 bits per heavy atom. The second-order valence-corrected chi connectivity index (χ2v) is 4.91. The fourth-order valence-electron chi connectivity index (χ4n) is 1.70. The highest BCUT2D eigenvalue weighted by Crippen LogP contribution is 2.18. The van der Waals surface area contributed by atoms with E-state index in [1.165, 1.54) is 0 Å². The number of hydrogen-bond acceptors (Lipinski definition) is 3. The van der Waals surface area contributed by atoms with Crippen molar-refractivity contribution in [2.75, 3.05) is 13.2 Å². The van der Waals surface area contributed by atoms with Gasteiger partial charge >= 0.3 is 0 Å². The van der Waals surface area contributed by atoms with Crippen LogP contribution >= 0.6 is 0 Å². The Bertz CT molecular complexity index is 444. The largest absolute Gasteiger partial charge is 0.376 e. The third-order valence-corrected chi connectivity index (χ3v) is 2.97. The van der Waals surface area contributed by atoms with E-state index in [9.17, 15) is 9.59 Å². The molecule has 2 rings (SSSR count). The van der Waals surface area contributed by atoms with Gasteiger partial charge in [-0.15, -0.1) is 0 Å². The molecular formula is C15H20N2O3. The highest BCUT2D eigenvalue weighted by atomic mass is 16.5. The van der Waals surface area contributed by atoms with Crippen molar-refractivity contribution < 1.29 is 14.3 Å². The number of hydrogen-bond donors (Lipinski definition) is 2. The molecule has 0 bridgehead atoms. The van der Waals surface area contributed by atoms with E-state index in [0.717, 1.165) is 18.4 Å². The van der Waals surface area contributed by atoms with E-state index in [4.69, 9.17) is 4.74 Å². The number of amides is 2. The Hall–Kier alpha value is -1.88. The molecule has 1 aliphatic carbocycles. The van der Waals surface area contributed by atoms with Crippen LogP contribution < -0.4 is 10.6 Å². The Balaban J connectivity index is 1.50. The minimum Gasteiger partial charge on any atom is -0.376 e. The standard InChI is InChI=1S/C15H20N2O3/c18-14(16-10-15(19)17-13-6-7-13)8-9-20-11-12-4-2-1-3-5-12/h1-5,13H,6-11H2,(H,16,18)(H,17,19). The van der Waals surface area contributed by atoms with Crippen molar-refractivity contribution >= 4 is 11.8 Å². The van der Waals surface area contributed by atoms with Gasteiger partial charge in [-0.25, -0.2) is 0 Å². The lowest BCUT2D eigenvalue weighted by atomic mass is 10.2. The summed E-state index contributed by atoms with van der Waals surface area (Å²) in [5.74, 6) is -0.282. The molecule has 20 heavy (non-hydrogen) atoms. The lowest BCUT2D eigenvalue weighted by molar-refractivity contribution is -0.126. The smallest absolute Gasteiger partial charge is 0.239 e. The first-order chi connectivity index (χ1) is 9.74. The van der Waals surface area contributed by atoms with Crippen molar-refractivity contribution in [2.24, 2.45) is 0 Å². The van der Waals surface area contributed by atoms with Crippen molar-refractivity contribution in [1.29, 1.82) is 0 Å². The molecule has 0 spiro atoms. The zero-order chi connectivity index (χ0) is 14.2. The number of nitrogens with one attached hydrogen (secondary N) is 2. The van der Waals surface area contributed by atoms with Gasteiger partial charge in [-0.3, -0.25) is 9.59 Å². The van der Waals surface area contributed by atoms with Gasteiger partial charge in [-0.1, -0.05) is 30.3 Å². The van der Waals surface area contributed by atoms with Gasteiger partial charge in [0.1, 0.15) is 0 Å². The number of carbonyl (C=O) groups excluding carboxylic acids is 2. The number of ether oxygens (including phenoxy) is 1. The normalized spacial score (nSPS) is 13.8. The molecule has 2 amide bonds. The molecule has 0 saturated heterocycles. The van der Waals surface area contributed by atoms with Gasteiger partial charge in [0.25, 0.3) is 0 Å². The van der Waals surface area contributed by atoms with E-state index in [1.807, 2.05) is 30.3 Å². The van der Waals surface area contributed by atoms with Crippen LogP contribution in [0.5, 0.6) is 0 Å². The molecule has 5 heteroatoms. The molecule has 0 heterocycles. The van der Waals surface area contributed by atoms with Crippen molar-refractivity contribution in [3.63, 3.8) is 0 Å². The number of rotatable bonds is 8. The molecule has 5 nitrogen and oxygen atoms in total. The lowest BCUT2D eigenvalue weighted by Crippen LogP contribution is -2.38. The fraction of sp³-hybridized carbons (Fsp3) is 0.467. The average Bonchev–Trinajstić information content (AvgIpc) is 3.26. The van der Waals surface area contributed by atoms with Crippen LogP contribution in [-0.4, -0.2) is 31.0 Å². The van der Waals surface area contributed by atoms with Gasteiger partial charge in [0.15, 0.2) is 0 Å². The summed E-state index contributed by atoms with van der Waals surface area (Å²) in [6.07, 6.45) is 2.36. The summed E-state index contributed by atoms with van der Waals surface area (Å²) in [5.41, 5.74) is 1.08. The summed E-state index contributed by atoms with van der Waals surface area (Å²) < 4.78 is 5.41. The predicted molar refractivity (Wildman–Crippen MR) is 74.9 cm³/mol. The third-order valence-electron chi connectivity index (χ3n) is 2.97. The van der Waals surface area contributed by atoms with Gasteiger partial charge in [0.05, 0.1) is 19.8 Å². The molecule has 1 aromatic rings. The van der Waals surface area contributed by atoms with E-state index >= 15 is 0 Å². The second kappa shape index (κ2) is 7.65. The van der Waals surface area contributed by atoms with Crippen LogP contribution in [0.2, 0.25) is 0 Å². The first-order valence-electron chi connectivity index (χ1n) is 6.92. The molecule has 2 N–H and O–H groups in total. The average molecular weight is 276 g/mol. The van der Waals surface area contributed by atoms with Crippen LogP contribution in [0.1, 0.15) is 24.8 Å². The zero-order valence-corrected chi connectivity index (χ0v) is 11.4. The summed E-state index contributed by atoms with van der Waals surface area (Å²) in [6.45, 7) is 0.898. The maximum atomic E-state index is 11.5. The van der Waals surface area contributed by atoms with Gasteiger partial charge < -0.3 is 15.4 Å². The van der Waals surface area contributed by atoms with Gasteiger partial charge in [-0.2, -0.15) is 0 Å². The van der Waals surface area contributed by atoms with E-state index in [0.29, 0.717) is 19.3 Å². The maximum Gasteiger partial charge on any atom is 0.239 e. The summed E-state index contributed by atoms with van der Waals surface area (Å²) in [7, 11) is 0. The second-order valence-electron chi connectivity index (χ2n) is 4.91. The molecule has 0 atom stereocenters. The van der Waals surface area contributed by atoms with Gasteiger partial charge in [0.2, 0.25) is 11.8 Å². The molecule has 1 saturated carbocycles. The van der Waals surface area contributed by atoms with E-state index in [2.05, 4.69) is 10.6 Å². The quantitative estimate of drug-likeness (QED) is 0.696. The Kier molecular flexibility index (Phi) is 5.55. The summed E-state index contributed by atoms with van der Waals surface area (Å²) >= 11 is 0. The molecule has 1 fully saturated rings. The maximum absolute atomic E-state index is 11.5. The zero-order valence-electron chi connectivity index (χ0n) is 11.4. The van der Waals surface area contributed by atoms with E-state index in [-0.39, 0.29) is 24.8 Å². The van der Waals surface area contributed by atoms with Crippen LogP contribution in [0.15, 0.2) is 30.3 Å². The molecule has 108 valence electrons. The van der Waals surface area contributed by atoms with Crippen LogP contribution in [0.4, 0.5) is 0 Å². The molecular weight excluding hydrogens is 256 g/mol. The predicted octanol–water partition coefficient (Wildman–Crippen LogP) is 0.988. The van der Waals surface area contributed by atoms with Crippen molar-refractivity contribution in [3.05, 3.63) is 35.9 Å². The van der Waals surface area contributed by atoms with Crippen LogP contribution in [0.3, 0.4) is 0 Å². The van der Waals surface area contributed by atoms with Crippen molar-refractivity contribution in [1.82, 2.24) is 10.6 Å². The first kappa shape index (κ1) is 14.5. The monoisotopic (exact) mass is 276 g/mol. The molecule has 1 aromatic carbocycles. The Labute approximate surface area is 118 Å². The highest BCUT2D eigenvalue weighted by Gasteiger charge is 2.23. The third kappa shape index (κ3) is 5.84. The molecule has 0 aromatic heterocycles. The first-order valence-corrected chi connectivity index (χ1v) is 6.92. The topological polar surface area (TPSA) is 67.4 Å². The minimum atomic E-state index is -0.163. The SMILES string of the molecule is O=C(CCOCc1ccccc1)NCC(=O)NC1CC1. The van der Waals surface area contributed by atoms with Gasteiger partial charge in [0, 0.05) is 12.5 Å². The minimum absolute atomic E-state index is 0.0496. The van der Waals surface area contributed by atoms with Crippen LogP contribution in [0, 0.1) is 0 Å². The Morgan fingerprint density at radius 2 is 1.90 bits per heavy atom. The summed E-state index contributed by atoms with van der Waals surface area (Å²) in [6, 6.07) is 10.1. The number of benzene rings is 1. The molecule has 0 unspecified atom stereocenters. The lowest BCUT2D eigenvalue weighted by Gasteiger charge is -2.06. The molecule has 1 aliphatic rings. The highest BCUT2D eigenvalue weighted by molar-refractivity contribution is 5.84. The summed E-state index contributed by atoms with van der Waals surface area (Å²) in [5, 5.41) is 5.40. The summed E-state index contributed by atoms with van der Waals surface area (Å²) in [4.78, 5) is 22.8. The number of carbonyl (C=O) groups is 2. The van der Waals surface area contributed by atoms with E-state index in [1.54, 1.807) is 0 Å². The molecule has 0 radical (unpaired) electrons. The van der Waals surface area contributed by atoms with E-state index < -0.39 is 0 Å². The van der Waals surface area contributed by atoms with Crippen molar-refractivity contribution in [2.45, 2.75) is 31.9 Å². The van der Waals surface area contributed by atoms with Gasteiger partial charge in [-0.05, 0) is 18.4 Å². The molecule has 0 aliphatic heterocycles. The fourth-order valence-corrected chi connectivity index (χ4v) is 1.70. The van der Waals surface area contributed by atoms with Crippen LogP contribution in [-0.2, 0) is 20.9 Å². The van der Waals surface area contributed by atoms with Crippen LogP contribution in [0.25, 0.3) is 0 Å². The van der Waals surface area contributed by atoms with Crippen molar-refractivity contribution in [3.8, 4) is 0 Å². The Morgan fingerprint density at radius 3 is 2.60 bits per heavy atom.